The summed E-state index contributed by atoms with van der Waals surface area (Å²) in [6.07, 6.45) is -0.909. The normalized spacial score (nSPS) is 15.1. The lowest BCUT2D eigenvalue weighted by molar-refractivity contribution is 0.00188. The van der Waals surface area contributed by atoms with Gasteiger partial charge in [0, 0.05) is 6.61 Å². The monoisotopic (exact) mass is 199 g/mol. The first kappa shape index (κ1) is 10.9. The average molecular weight is 199 g/mol. The lowest BCUT2D eigenvalue weighted by Crippen LogP contribution is -2.20. The van der Waals surface area contributed by atoms with E-state index in [-0.39, 0.29) is 24.5 Å². The van der Waals surface area contributed by atoms with Gasteiger partial charge in [0.25, 0.3) is 0 Å². The molecule has 1 aromatic heterocycles. The van der Waals surface area contributed by atoms with Crippen LogP contribution in [0.5, 0.6) is 5.75 Å². The maximum atomic E-state index is 9.51. The first-order chi connectivity index (χ1) is 6.65. The first-order valence-corrected chi connectivity index (χ1v) is 4.27. The number of nitrogens with zero attached hydrogens (tertiary/aromatic N) is 1. The summed E-state index contributed by atoms with van der Waals surface area (Å²) in [6, 6.07) is 2.79. The van der Waals surface area contributed by atoms with Gasteiger partial charge in [-0.1, -0.05) is 0 Å². The van der Waals surface area contributed by atoms with Crippen LogP contribution in [0.2, 0.25) is 0 Å². The summed E-state index contributed by atoms with van der Waals surface area (Å²) >= 11 is 0. The molecule has 14 heavy (non-hydrogen) atoms. The second-order valence-corrected chi connectivity index (χ2v) is 2.97. The highest BCUT2D eigenvalue weighted by Gasteiger charge is 2.18. The van der Waals surface area contributed by atoms with Crippen molar-refractivity contribution in [1.29, 1.82) is 0 Å². The van der Waals surface area contributed by atoms with Crippen LogP contribution in [0.1, 0.15) is 18.2 Å². The molecule has 0 saturated carbocycles. The molecule has 1 heterocycles. The van der Waals surface area contributed by atoms with E-state index in [1.165, 1.54) is 18.3 Å². The molecule has 0 aromatic carbocycles. The van der Waals surface area contributed by atoms with E-state index < -0.39 is 12.2 Å². The van der Waals surface area contributed by atoms with E-state index >= 15 is 0 Å². The van der Waals surface area contributed by atoms with Gasteiger partial charge in [0.15, 0.2) is 0 Å². The van der Waals surface area contributed by atoms with Crippen LogP contribution in [-0.2, 0) is 0 Å². The molecule has 2 atom stereocenters. The Labute approximate surface area is 81.3 Å². The molecule has 0 amide bonds. The zero-order valence-corrected chi connectivity index (χ0v) is 7.54. The van der Waals surface area contributed by atoms with E-state index in [1.54, 1.807) is 0 Å². The maximum absolute atomic E-state index is 9.51. The fraction of sp³-hybridized carbons (Fsp3) is 0.444. The third kappa shape index (κ3) is 2.66. The van der Waals surface area contributed by atoms with Gasteiger partial charge in [-0.2, -0.15) is 0 Å². The van der Waals surface area contributed by atoms with Crippen LogP contribution >= 0.6 is 0 Å². The molecule has 0 aliphatic heterocycles. The Morgan fingerprint density at radius 2 is 2.00 bits per heavy atom. The number of aliphatic hydroxyl groups excluding tert-OH is 3. The molecule has 5 nitrogen and oxygen atoms in total. The van der Waals surface area contributed by atoms with Gasteiger partial charge < -0.3 is 20.4 Å². The van der Waals surface area contributed by atoms with E-state index in [1.807, 2.05) is 0 Å². The summed E-state index contributed by atoms with van der Waals surface area (Å²) in [5, 5.41) is 36.3. The SMILES string of the molecule is OCCC(O)C(O)c1ccc(O)cn1. The largest absolute Gasteiger partial charge is 0.506 e. The fourth-order valence-corrected chi connectivity index (χ4v) is 1.06. The van der Waals surface area contributed by atoms with Crippen molar-refractivity contribution in [1.82, 2.24) is 4.98 Å². The number of hydrogen-bond acceptors (Lipinski definition) is 5. The highest BCUT2D eigenvalue weighted by atomic mass is 16.3. The van der Waals surface area contributed by atoms with Crippen LogP contribution in [-0.4, -0.2) is 38.1 Å². The molecule has 0 fully saturated rings. The molecule has 5 heteroatoms. The third-order valence-electron chi connectivity index (χ3n) is 1.86. The minimum Gasteiger partial charge on any atom is -0.506 e. The van der Waals surface area contributed by atoms with Gasteiger partial charge in [0.2, 0.25) is 0 Å². The van der Waals surface area contributed by atoms with Crippen LogP contribution < -0.4 is 0 Å². The van der Waals surface area contributed by atoms with E-state index in [0.717, 1.165) is 0 Å². The maximum Gasteiger partial charge on any atom is 0.133 e. The average Bonchev–Trinajstić information content (AvgIpc) is 2.18. The summed E-state index contributed by atoms with van der Waals surface area (Å²) in [7, 11) is 0. The van der Waals surface area contributed by atoms with Crippen molar-refractivity contribution < 1.29 is 20.4 Å². The van der Waals surface area contributed by atoms with Gasteiger partial charge in [-0.25, -0.2) is 0 Å². The molecule has 0 radical (unpaired) electrons. The Hall–Kier alpha value is -1.17. The summed E-state index contributed by atoms with van der Waals surface area (Å²) < 4.78 is 0. The van der Waals surface area contributed by atoms with E-state index in [9.17, 15) is 10.2 Å². The van der Waals surface area contributed by atoms with Crippen molar-refractivity contribution in [2.45, 2.75) is 18.6 Å². The van der Waals surface area contributed by atoms with Crippen LogP contribution in [0.15, 0.2) is 18.3 Å². The molecule has 0 aliphatic carbocycles. The number of aromatic nitrogens is 1. The Morgan fingerprint density at radius 1 is 1.29 bits per heavy atom. The standard InChI is InChI=1S/C9H13NO4/c11-4-3-8(13)9(14)7-2-1-6(12)5-10-7/h1-2,5,8-9,11-14H,3-4H2. The summed E-state index contributed by atoms with van der Waals surface area (Å²) in [4.78, 5) is 3.74. The quantitative estimate of drug-likeness (QED) is 0.527. The van der Waals surface area contributed by atoms with Crippen molar-refractivity contribution in [3.8, 4) is 5.75 Å². The predicted molar refractivity (Wildman–Crippen MR) is 48.6 cm³/mol. The highest BCUT2D eigenvalue weighted by Crippen LogP contribution is 2.18. The summed E-state index contributed by atoms with van der Waals surface area (Å²) in [5.74, 6) is -0.00222. The second-order valence-electron chi connectivity index (χ2n) is 2.97. The smallest absolute Gasteiger partial charge is 0.133 e. The topological polar surface area (TPSA) is 93.8 Å². The molecule has 0 saturated heterocycles. The number of rotatable bonds is 4. The molecular formula is C9H13NO4. The molecule has 0 bridgehead atoms. The lowest BCUT2D eigenvalue weighted by atomic mass is 10.1. The van der Waals surface area contributed by atoms with Gasteiger partial charge in [0.05, 0.1) is 18.0 Å². The van der Waals surface area contributed by atoms with Crippen LogP contribution in [0, 0.1) is 0 Å². The van der Waals surface area contributed by atoms with Gasteiger partial charge in [-0.3, -0.25) is 4.98 Å². The van der Waals surface area contributed by atoms with Crippen molar-refractivity contribution in [2.24, 2.45) is 0 Å². The van der Waals surface area contributed by atoms with Crippen molar-refractivity contribution in [3.63, 3.8) is 0 Å². The zero-order valence-electron chi connectivity index (χ0n) is 7.54. The second kappa shape index (κ2) is 4.90. The van der Waals surface area contributed by atoms with Crippen LogP contribution in [0.4, 0.5) is 0 Å². The molecule has 2 unspecified atom stereocenters. The van der Waals surface area contributed by atoms with Crippen LogP contribution in [0.25, 0.3) is 0 Å². The molecule has 0 aliphatic rings. The minimum absolute atomic E-state index is 0.00222. The predicted octanol–water partition coefficient (Wildman–Crippen LogP) is -0.436. The summed E-state index contributed by atoms with van der Waals surface area (Å²) in [6.45, 7) is -0.198. The Morgan fingerprint density at radius 3 is 2.50 bits per heavy atom. The fourth-order valence-electron chi connectivity index (χ4n) is 1.06. The molecule has 4 N–H and O–H groups in total. The van der Waals surface area contributed by atoms with Crippen LogP contribution in [0.3, 0.4) is 0 Å². The first-order valence-electron chi connectivity index (χ1n) is 4.27. The van der Waals surface area contributed by atoms with Gasteiger partial charge in [-0.05, 0) is 18.6 Å². The number of hydrogen-bond donors (Lipinski definition) is 4. The zero-order chi connectivity index (χ0) is 10.6. The molecule has 0 spiro atoms. The Kier molecular flexibility index (Phi) is 3.82. The van der Waals surface area contributed by atoms with E-state index in [0.29, 0.717) is 0 Å². The Balaban J connectivity index is 2.68. The van der Waals surface area contributed by atoms with Gasteiger partial charge in [-0.15, -0.1) is 0 Å². The van der Waals surface area contributed by atoms with E-state index in [2.05, 4.69) is 4.98 Å². The number of aromatic hydroxyl groups is 1. The van der Waals surface area contributed by atoms with Crippen molar-refractivity contribution in [3.05, 3.63) is 24.0 Å². The lowest BCUT2D eigenvalue weighted by Gasteiger charge is -2.15. The molecular weight excluding hydrogens is 186 g/mol. The van der Waals surface area contributed by atoms with Crippen molar-refractivity contribution in [2.75, 3.05) is 6.61 Å². The summed E-state index contributed by atoms with van der Waals surface area (Å²) in [5.41, 5.74) is 0.267. The molecule has 78 valence electrons. The van der Waals surface area contributed by atoms with Gasteiger partial charge in [0.1, 0.15) is 11.9 Å². The Bertz CT molecular complexity index is 275. The molecule has 1 aromatic rings. The highest BCUT2D eigenvalue weighted by molar-refractivity contribution is 5.19. The van der Waals surface area contributed by atoms with Crippen molar-refractivity contribution >= 4 is 0 Å². The van der Waals surface area contributed by atoms with E-state index in [4.69, 9.17) is 10.2 Å². The third-order valence-corrected chi connectivity index (χ3v) is 1.86. The number of pyridine rings is 1. The minimum atomic E-state index is -1.14. The molecule has 1 rings (SSSR count). The number of aliphatic hydroxyl groups is 3. The van der Waals surface area contributed by atoms with Gasteiger partial charge >= 0.3 is 0 Å².